The van der Waals surface area contributed by atoms with E-state index in [0.29, 0.717) is 11.8 Å². The fraction of sp³-hybridized carbons (Fsp3) is 0. The summed E-state index contributed by atoms with van der Waals surface area (Å²) in [5.74, 6) is 1.03. The molecule has 2 aromatic rings. The lowest BCUT2D eigenvalue weighted by Gasteiger charge is -1.99. The Morgan fingerprint density at radius 2 is 2.27 bits per heavy atom. The highest BCUT2D eigenvalue weighted by molar-refractivity contribution is 5.49. The third kappa shape index (κ3) is 2.08. The highest BCUT2D eigenvalue weighted by atomic mass is 16.6. The smallest absolute Gasteiger partial charge is 0.287 e. The van der Waals surface area contributed by atoms with Gasteiger partial charge in [0.25, 0.3) is 5.69 Å². The largest absolute Gasteiger partial charge is 0.331 e. The number of nitrogens with zero attached hydrogens (tertiary/aromatic N) is 3. The summed E-state index contributed by atoms with van der Waals surface area (Å²) in [5.41, 5.74) is -0.0417. The van der Waals surface area contributed by atoms with E-state index < -0.39 is 4.92 Å². The van der Waals surface area contributed by atoms with Gasteiger partial charge in [-0.2, -0.15) is 0 Å². The van der Waals surface area contributed by atoms with E-state index >= 15 is 0 Å². The van der Waals surface area contributed by atoms with Crippen molar-refractivity contribution in [2.24, 2.45) is 0 Å². The summed E-state index contributed by atoms with van der Waals surface area (Å²) in [5, 5.41) is 13.2. The minimum Gasteiger partial charge on any atom is -0.331 e. The predicted octanol–water partition coefficient (Wildman–Crippen LogP) is 1.46. The van der Waals surface area contributed by atoms with Gasteiger partial charge in [-0.05, 0) is 6.07 Å². The van der Waals surface area contributed by atoms with E-state index in [2.05, 4.69) is 20.3 Å². The first-order chi connectivity index (χ1) is 7.25. The maximum Gasteiger partial charge on any atom is 0.287 e. The molecule has 2 heterocycles. The molecule has 0 saturated carbocycles. The number of aromatic amines is 1. The van der Waals surface area contributed by atoms with Crippen LogP contribution in [0.4, 0.5) is 17.5 Å². The lowest BCUT2D eigenvalue weighted by Crippen LogP contribution is -1.96. The summed E-state index contributed by atoms with van der Waals surface area (Å²) in [6.45, 7) is 0. The minimum absolute atomic E-state index is 0.0417. The van der Waals surface area contributed by atoms with Gasteiger partial charge in [-0.25, -0.2) is 9.97 Å². The molecule has 0 saturated heterocycles. The van der Waals surface area contributed by atoms with Crippen molar-refractivity contribution >= 4 is 17.5 Å². The third-order valence-electron chi connectivity index (χ3n) is 1.70. The van der Waals surface area contributed by atoms with Crippen molar-refractivity contribution in [2.45, 2.75) is 0 Å². The molecule has 2 aromatic heterocycles. The van der Waals surface area contributed by atoms with Gasteiger partial charge in [-0.15, -0.1) is 0 Å². The van der Waals surface area contributed by atoms with Crippen molar-refractivity contribution in [3.05, 3.63) is 40.8 Å². The molecule has 0 aliphatic rings. The Balaban J connectivity index is 2.14. The number of pyridine rings is 1. The van der Waals surface area contributed by atoms with Crippen LogP contribution >= 0.6 is 0 Å². The van der Waals surface area contributed by atoms with Crippen LogP contribution in [0.25, 0.3) is 0 Å². The van der Waals surface area contributed by atoms with Crippen LogP contribution < -0.4 is 5.32 Å². The number of hydrogen-bond acceptors (Lipinski definition) is 5. The maximum atomic E-state index is 10.4. The number of H-pyrrole nitrogens is 1. The number of nitro groups is 1. The van der Waals surface area contributed by atoms with Crippen molar-refractivity contribution in [1.82, 2.24) is 15.0 Å². The summed E-state index contributed by atoms with van der Waals surface area (Å²) >= 11 is 0. The van der Waals surface area contributed by atoms with Crippen LogP contribution in [0.1, 0.15) is 0 Å². The number of imidazole rings is 1. The van der Waals surface area contributed by atoms with E-state index in [1.54, 1.807) is 12.4 Å². The Bertz CT molecular complexity index is 450. The van der Waals surface area contributed by atoms with E-state index in [4.69, 9.17) is 0 Å². The molecular formula is C8H7N5O2. The zero-order chi connectivity index (χ0) is 10.7. The molecule has 0 aliphatic heterocycles. The van der Waals surface area contributed by atoms with Gasteiger partial charge in [-0.3, -0.25) is 10.1 Å². The number of aromatic nitrogens is 3. The molecule has 0 unspecified atom stereocenters. The zero-order valence-electron chi connectivity index (χ0n) is 7.54. The van der Waals surface area contributed by atoms with Gasteiger partial charge in [0, 0.05) is 18.5 Å². The molecule has 76 valence electrons. The molecule has 0 spiro atoms. The van der Waals surface area contributed by atoms with Crippen LogP contribution in [0.2, 0.25) is 0 Å². The van der Waals surface area contributed by atoms with E-state index in [-0.39, 0.29) is 5.69 Å². The highest BCUT2D eigenvalue weighted by Gasteiger charge is 2.05. The predicted molar refractivity (Wildman–Crippen MR) is 52.8 cm³/mol. The molecule has 2 N–H and O–H groups in total. The van der Waals surface area contributed by atoms with Gasteiger partial charge in [0.05, 0.1) is 4.92 Å². The van der Waals surface area contributed by atoms with Crippen molar-refractivity contribution in [2.75, 3.05) is 5.32 Å². The summed E-state index contributed by atoms with van der Waals surface area (Å²) in [7, 11) is 0. The minimum atomic E-state index is -0.496. The van der Waals surface area contributed by atoms with Crippen molar-refractivity contribution in [3.8, 4) is 0 Å². The van der Waals surface area contributed by atoms with E-state index in [1.807, 2.05) is 0 Å². The van der Waals surface area contributed by atoms with Crippen LogP contribution in [-0.4, -0.2) is 19.9 Å². The summed E-state index contributed by atoms with van der Waals surface area (Å²) in [6, 6.07) is 2.89. The summed E-state index contributed by atoms with van der Waals surface area (Å²) in [6.07, 6.45) is 4.44. The lowest BCUT2D eigenvalue weighted by atomic mass is 10.4. The van der Waals surface area contributed by atoms with E-state index in [9.17, 15) is 10.1 Å². The molecule has 15 heavy (non-hydrogen) atoms. The Morgan fingerprint density at radius 1 is 1.40 bits per heavy atom. The van der Waals surface area contributed by atoms with Gasteiger partial charge in [0.15, 0.2) is 0 Å². The number of hydrogen-bond donors (Lipinski definition) is 2. The van der Waals surface area contributed by atoms with Gasteiger partial charge in [-0.1, -0.05) is 0 Å². The first-order valence-corrected chi connectivity index (χ1v) is 4.12. The van der Waals surface area contributed by atoms with Gasteiger partial charge < -0.3 is 10.3 Å². The molecule has 7 nitrogen and oxygen atoms in total. The second-order valence-electron chi connectivity index (χ2n) is 2.72. The van der Waals surface area contributed by atoms with E-state index in [0.717, 1.165) is 0 Å². The molecule has 0 aromatic carbocycles. The summed E-state index contributed by atoms with van der Waals surface area (Å²) in [4.78, 5) is 20.5. The molecule has 2 rings (SSSR count). The monoisotopic (exact) mass is 205 g/mol. The topological polar surface area (TPSA) is 96.7 Å². The van der Waals surface area contributed by atoms with Crippen molar-refractivity contribution in [1.29, 1.82) is 0 Å². The lowest BCUT2D eigenvalue weighted by molar-refractivity contribution is -0.385. The normalized spacial score (nSPS) is 9.87. The van der Waals surface area contributed by atoms with Crippen LogP contribution in [0, 0.1) is 10.1 Å². The van der Waals surface area contributed by atoms with Gasteiger partial charge >= 0.3 is 0 Å². The second-order valence-corrected chi connectivity index (χ2v) is 2.72. The number of rotatable bonds is 3. The zero-order valence-corrected chi connectivity index (χ0v) is 7.54. The third-order valence-corrected chi connectivity index (χ3v) is 1.70. The fourth-order valence-electron chi connectivity index (χ4n) is 1.02. The Labute approximate surface area is 84.3 Å². The average Bonchev–Trinajstić information content (AvgIpc) is 2.71. The van der Waals surface area contributed by atoms with Gasteiger partial charge in [0.1, 0.15) is 12.0 Å². The Kier molecular flexibility index (Phi) is 2.28. The van der Waals surface area contributed by atoms with Crippen molar-refractivity contribution in [3.63, 3.8) is 0 Å². The summed E-state index contributed by atoms with van der Waals surface area (Å²) < 4.78 is 0. The standard InChI is InChI=1S/C8H7N5O2/c14-13(15)6-1-2-7(11-5-6)12-8-9-3-4-10-8/h1-5H,(H2,9,10,11,12). The van der Waals surface area contributed by atoms with Crippen LogP contribution in [0.15, 0.2) is 30.7 Å². The first-order valence-electron chi connectivity index (χ1n) is 4.12. The highest BCUT2D eigenvalue weighted by Crippen LogP contribution is 2.13. The molecule has 0 amide bonds. The quantitative estimate of drug-likeness (QED) is 0.584. The SMILES string of the molecule is O=[N+]([O-])c1ccc(Nc2ncc[nH]2)nc1. The first kappa shape index (κ1) is 9.13. The number of anilines is 2. The molecule has 0 atom stereocenters. The molecular weight excluding hydrogens is 198 g/mol. The Morgan fingerprint density at radius 3 is 2.80 bits per heavy atom. The molecule has 7 heteroatoms. The fourth-order valence-corrected chi connectivity index (χ4v) is 1.02. The maximum absolute atomic E-state index is 10.4. The second kappa shape index (κ2) is 3.74. The van der Waals surface area contributed by atoms with E-state index in [1.165, 1.54) is 18.3 Å². The van der Waals surface area contributed by atoms with Crippen molar-refractivity contribution < 1.29 is 4.92 Å². The molecule has 0 radical (unpaired) electrons. The molecule has 0 aliphatic carbocycles. The number of nitrogens with one attached hydrogen (secondary N) is 2. The molecule has 0 fully saturated rings. The molecule has 0 bridgehead atoms. The van der Waals surface area contributed by atoms with Crippen LogP contribution in [0.3, 0.4) is 0 Å². The van der Waals surface area contributed by atoms with Gasteiger partial charge in [0.2, 0.25) is 5.95 Å². The average molecular weight is 205 g/mol. The van der Waals surface area contributed by atoms with Crippen LogP contribution in [-0.2, 0) is 0 Å². The van der Waals surface area contributed by atoms with Crippen LogP contribution in [0.5, 0.6) is 0 Å². The Hall–Kier alpha value is -2.44.